The number of nitrogens with zero attached hydrogens (tertiary/aromatic N) is 1. The van der Waals surface area contributed by atoms with E-state index >= 15 is 0 Å². The second kappa shape index (κ2) is 7.65. The molecule has 2 aromatic carbocycles. The highest BCUT2D eigenvalue weighted by atomic mass is 35.5. The van der Waals surface area contributed by atoms with Crippen LogP contribution < -0.4 is 4.74 Å². The summed E-state index contributed by atoms with van der Waals surface area (Å²) in [5.74, 6) is 1.03. The largest absolute Gasteiger partial charge is 0.484 e. The number of H-pyrrole nitrogens is 1. The first-order valence-electron chi connectivity index (χ1n) is 9.34. The topological polar surface area (TPSA) is 45.3 Å². The Kier molecular flexibility index (Phi) is 5.08. The molecular weight excluding hydrogens is 360 g/mol. The van der Waals surface area contributed by atoms with E-state index in [0.717, 1.165) is 31.4 Å². The lowest BCUT2D eigenvalue weighted by Crippen LogP contribution is -2.41. The van der Waals surface area contributed by atoms with Gasteiger partial charge < -0.3 is 14.6 Å². The molecular formula is C22H23ClN2O2. The molecule has 3 aromatic rings. The minimum Gasteiger partial charge on any atom is -0.484 e. The fourth-order valence-electron chi connectivity index (χ4n) is 3.72. The molecule has 0 aliphatic carbocycles. The molecule has 27 heavy (non-hydrogen) atoms. The van der Waals surface area contributed by atoms with Crippen LogP contribution in [0.4, 0.5) is 0 Å². The molecule has 2 heterocycles. The Morgan fingerprint density at radius 1 is 1.22 bits per heavy atom. The number of carbonyl (C=O) groups excluding carboxylic acids is 1. The van der Waals surface area contributed by atoms with Crippen molar-refractivity contribution < 1.29 is 9.53 Å². The Labute approximate surface area is 164 Å². The molecule has 140 valence electrons. The van der Waals surface area contributed by atoms with Crippen molar-refractivity contribution in [3.05, 3.63) is 64.8 Å². The highest BCUT2D eigenvalue weighted by Gasteiger charge is 2.26. The third-order valence-electron chi connectivity index (χ3n) is 5.19. The second-order valence-electron chi connectivity index (χ2n) is 7.24. The Morgan fingerprint density at radius 2 is 2.04 bits per heavy atom. The van der Waals surface area contributed by atoms with Crippen molar-refractivity contribution in [1.82, 2.24) is 9.88 Å². The molecule has 0 saturated carbocycles. The van der Waals surface area contributed by atoms with E-state index in [0.29, 0.717) is 16.7 Å². The first-order valence-corrected chi connectivity index (χ1v) is 9.72. The molecule has 4 nitrogen and oxygen atoms in total. The average molecular weight is 383 g/mol. The predicted octanol–water partition coefficient (Wildman–Crippen LogP) is 4.91. The number of rotatable bonds is 4. The summed E-state index contributed by atoms with van der Waals surface area (Å²) >= 11 is 5.87. The smallest absolute Gasteiger partial charge is 0.260 e. The van der Waals surface area contributed by atoms with Gasteiger partial charge in [-0.1, -0.05) is 23.2 Å². The molecule has 4 rings (SSSR count). The zero-order chi connectivity index (χ0) is 18.8. The van der Waals surface area contributed by atoms with E-state index in [1.54, 1.807) is 24.3 Å². The van der Waals surface area contributed by atoms with Crippen LogP contribution in [0.3, 0.4) is 0 Å². The van der Waals surface area contributed by atoms with Crippen molar-refractivity contribution in [3.63, 3.8) is 0 Å². The number of aromatic amines is 1. The van der Waals surface area contributed by atoms with Gasteiger partial charge in [0.05, 0.1) is 0 Å². The lowest BCUT2D eigenvalue weighted by atomic mass is 9.94. The molecule has 1 aromatic heterocycles. The van der Waals surface area contributed by atoms with Crippen LogP contribution in [0.25, 0.3) is 10.9 Å². The van der Waals surface area contributed by atoms with Gasteiger partial charge in [0.25, 0.3) is 5.91 Å². The number of piperidine rings is 1. The van der Waals surface area contributed by atoms with Gasteiger partial charge in [0.1, 0.15) is 5.75 Å². The maximum atomic E-state index is 12.6. The number of fused-ring (bicyclic) bond motifs is 1. The van der Waals surface area contributed by atoms with Crippen molar-refractivity contribution >= 4 is 28.4 Å². The average Bonchev–Trinajstić information content (AvgIpc) is 3.10. The molecule has 1 aliphatic rings. The third-order valence-corrected chi connectivity index (χ3v) is 5.44. The summed E-state index contributed by atoms with van der Waals surface area (Å²) in [5.41, 5.74) is 3.63. The quantitative estimate of drug-likeness (QED) is 0.696. The minimum atomic E-state index is 0.0293. The highest BCUT2D eigenvalue weighted by Crippen LogP contribution is 2.29. The summed E-state index contributed by atoms with van der Waals surface area (Å²) in [4.78, 5) is 18.0. The fourth-order valence-corrected chi connectivity index (χ4v) is 3.85. The molecule has 1 N–H and O–H groups in total. The van der Waals surface area contributed by atoms with Gasteiger partial charge in [-0.3, -0.25) is 4.79 Å². The maximum Gasteiger partial charge on any atom is 0.260 e. The van der Waals surface area contributed by atoms with E-state index in [2.05, 4.69) is 36.2 Å². The van der Waals surface area contributed by atoms with Gasteiger partial charge in [0, 0.05) is 35.2 Å². The van der Waals surface area contributed by atoms with Crippen LogP contribution in [0.2, 0.25) is 5.02 Å². The number of halogens is 1. The summed E-state index contributed by atoms with van der Waals surface area (Å²) in [5, 5.41) is 1.89. The number of hydrogen-bond donors (Lipinski definition) is 1. The zero-order valence-corrected chi connectivity index (χ0v) is 16.1. The van der Waals surface area contributed by atoms with Crippen LogP contribution >= 0.6 is 11.6 Å². The van der Waals surface area contributed by atoms with Crippen LogP contribution in [0, 0.1) is 6.92 Å². The van der Waals surface area contributed by atoms with E-state index in [1.165, 1.54) is 16.6 Å². The molecule has 1 amide bonds. The summed E-state index contributed by atoms with van der Waals surface area (Å²) in [6.45, 7) is 3.68. The van der Waals surface area contributed by atoms with E-state index in [1.807, 2.05) is 4.90 Å². The molecule has 1 unspecified atom stereocenters. The normalized spacial score (nSPS) is 17.3. The SMILES string of the molecule is Cc1ccc2[nH]c(C3CCCN(C(=O)COc4ccc(Cl)cc4)C3)cc2c1. The van der Waals surface area contributed by atoms with Crippen LogP contribution in [0.1, 0.15) is 30.0 Å². The van der Waals surface area contributed by atoms with Gasteiger partial charge in [-0.2, -0.15) is 0 Å². The first-order chi connectivity index (χ1) is 13.1. The third kappa shape index (κ3) is 4.11. The number of ether oxygens (including phenoxy) is 1. The molecule has 0 radical (unpaired) electrons. The molecule has 1 saturated heterocycles. The van der Waals surface area contributed by atoms with Crippen molar-refractivity contribution in [2.24, 2.45) is 0 Å². The second-order valence-corrected chi connectivity index (χ2v) is 7.67. The van der Waals surface area contributed by atoms with Crippen LogP contribution in [-0.2, 0) is 4.79 Å². The van der Waals surface area contributed by atoms with E-state index in [4.69, 9.17) is 16.3 Å². The Morgan fingerprint density at radius 3 is 2.85 bits per heavy atom. The van der Waals surface area contributed by atoms with Crippen molar-refractivity contribution in [2.45, 2.75) is 25.7 Å². The Hall–Kier alpha value is -2.46. The van der Waals surface area contributed by atoms with Gasteiger partial charge >= 0.3 is 0 Å². The lowest BCUT2D eigenvalue weighted by molar-refractivity contribution is -0.134. The summed E-state index contributed by atoms with van der Waals surface area (Å²) in [7, 11) is 0. The van der Waals surface area contributed by atoms with Gasteiger partial charge in [-0.05, 0) is 67.6 Å². The first kappa shape index (κ1) is 17.9. The summed E-state index contributed by atoms with van der Waals surface area (Å²) in [6.07, 6.45) is 2.10. The van der Waals surface area contributed by atoms with Gasteiger partial charge in [-0.25, -0.2) is 0 Å². The summed E-state index contributed by atoms with van der Waals surface area (Å²) in [6, 6.07) is 15.7. The highest BCUT2D eigenvalue weighted by molar-refractivity contribution is 6.30. The van der Waals surface area contributed by atoms with Crippen molar-refractivity contribution in [2.75, 3.05) is 19.7 Å². The van der Waals surface area contributed by atoms with Gasteiger partial charge in [0.2, 0.25) is 0 Å². The number of aryl methyl sites for hydroxylation is 1. The van der Waals surface area contributed by atoms with Crippen molar-refractivity contribution in [1.29, 1.82) is 0 Å². The monoisotopic (exact) mass is 382 g/mol. The van der Waals surface area contributed by atoms with Crippen molar-refractivity contribution in [3.8, 4) is 5.75 Å². The standard InChI is InChI=1S/C22H23ClN2O2/c1-15-4-9-20-17(11-15)12-21(24-20)16-3-2-10-25(13-16)22(26)14-27-19-7-5-18(23)6-8-19/h4-9,11-12,16,24H,2-3,10,13-14H2,1H3. The molecule has 1 fully saturated rings. The van der Waals surface area contributed by atoms with E-state index in [-0.39, 0.29) is 12.5 Å². The molecule has 0 spiro atoms. The lowest BCUT2D eigenvalue weighted by Gasteiger charge is -2.32. The van der Waals surface area contributed by atoms with Crippen LogP contribution in [0.15, 0.2) is 48.5 Å². The van der Waals surface area contributed by atoms with Crippen LogP contribution in [0.5, 0.6) is 5.75 Å². The molecule has 0 bridgehead atoms. The number of benzene rings is 2. The number of nitrogens with one attached hydrogen (secondary N) is 1. The minimum absolute atomic E-state index is 0.0293. The zero-order valence-electron chi connectivity index (χ0n) is 15.4. The fraction of sp³-hybridized carbons (Fsp3) is 0.318. The Bertz CT molecular complexity index is 949. The van der Waals surface area contributed by atoms with Gasteiger partial charge in [0.15, 0.2) is 6.61 Å². The van der Waals surface area contributed by atoms with Crippen LogP contribution in [-0.4, -0.2) is 35.5 Å². The Balaban J connectivity index is 1.40. The van der Waals surface area contributed by atoms with E-state index < -0.39 is 0 Å². The number of hydrogen-bond acceptors (Lipinski definition) is 2. The maximum absolute atomic E-state index is 12.6. The molecule has 1 atom stereocenters. The number of aromatic nitrogens is 1. The molecule has 5 heteroatoms. The number of carbonyl (C=O) groups is 1. The molecule has 1 aliphatic heterocycles. The number of amides is 1. The predicted molar refractivity (Wildman–Crippen MR) is 109 cm³/mol. The number of likely N-dealkylation sites (tertiary alicyclic amines) is 1. The summed E-state index contributed by atoms with van der Waals surface area (Å²) < 4.78 is 5.62. The van der Waals surface area contributed by atoms with E-state index in [9.17, 15) is 4.79 Å². The van der Waals surface area contributed by atoms with Gasteiger partial charge in [-0.15, -0.1) is 0 Å².